The molecule has 1 aliphatic rings. The number of hydrogen-bond donors (Lipinski definition) is 1. The van der Waals surface area contributed by atoms with E-state index in [9.17, 15) is 0 Å². The summed E-state index contributed by atoms with van der Waals surface area (Å²) in [6.45, 7) is 0.859. The molecular formula is C13H19N3S. The van der Waals surface area contributed by atoms with Gasteiger partial charge in [0, 0.05) is 32.0 Å². The number of nitrogens with zero attached hydrogens (tertiary/aromatic N) is 2. The Balaban J connectivity index is 2.07. The Hall–Kier alpha value is -1.16. The van der Waals surface area contributed by atoms with Crippen LogP contribution in [0.15, 0.2) is 24.5 Å². The molecule has 3 nitrogen and oxygen atoms in total. The van der Waals surface area contributed by atoms with Crippen LogP contribution >= 0.6 is 12.2 Å². The van der Waals surface area contributed by atoms with E-state index in [0.717, 1.165) is 11.7 Å². The molecule has 0 radical (unpaired) electrons. The van der Waals surface area contributed by atoms with E-state index in [1.807, 2.05) is 19.3 Å². The molecule has 2 rings (SSSR count). The molecule has 0 bridgehead atoms. The van der Waals surface area contributed by atoms with Crippen molar-refractivity contribution in [2.45, 2.75) is 38.3 Å². The second-order valence-corrected chi connectivity index (χ2v) is 4.87. The van der Waals surface area contributed by atoms with Gasteiger partial charge in [0.05, 0.1) is 0 Å². The maximum absolute atomic E-state index is 5.41. The van der Waals surface area contributed by atoms with Gasteiger partial charge in [0.1, 0.15) is 0 Å². The van der Waals surface area contributed by atoms with E-state index in [1.165, 1.54) is 31.2 Å². The van der Waals surface area contributed by atoms with E-state index in [1.54, 1.807) is 6.20 Å². The Bertz CT molecular complexity index is 360. The number of nitrogens with one attached hydrogen (secondary N) is 1. The highest BCUT2D eigenvalue weighted by molar-refractivity contribution is 7.80. The zero-order valence-electron chi connectivity index (χ0n) is 10.2. The van der Waals surface area contributed by atoms with E-state index in [4.69, 9.17) is 12.2 Å². The van der Waals surface area contributed by atoms with Crippen LogP contribution in [0.2, 0.25) is 0 Å². The van der Waals surface area contributed by atoms with Crippen LogP contribution in [-0.4, -0.2) is 28.1 Å². The number of thiocarbonyl (C=S) groups is 1. The molecule has 0 aliphatic heterocycles. The third kappa shape index (κ3) is 3.16. The Morgan fingerprint density at radius 3 is 2.88 bits per heavy atom. The Morgan fingerprint density at radius 1 is 1.53 bits per heavy atom. The van der Waals surface area contributed by atoms with Gasteiger partial charge in [0.2, 0.25) is 0 Å². The van der Waals surface area contributed by atoms with Crippen molar-refractivity contribution in [3.05, 3.63) is 30.1 Å². The molecule has 1 aliphatic carbocycles. The van der Waals surface area contributed by atoms with Gasteiger partial charge in [-0.2, -0.15) is 0 Å². The number of rotatable bonds is 3. The SMILES string of the molecule is CNC(=S)N(Cc1cccnc1)C1CCCC1. The van der Waals surface area contributed by atoms with Crippen molar-refractivity contribution in [1.82, 2.24) is 15.2 Å². The molecule has 1 saturated carbocycles. The number of aromatic nitrogens is 1. The molecule has 0 atom stereocenters. The smallest absolute Gasteiger partial charge is 0.169 e. The highest BCUT2D eigenvalue weighted by Gasteiger charge is 2.24. The van der Waals surface area contributed by atoms with Gasteiger partial charge in [-0.3, -0.25) is 4.98 Å². The van der Waals surface area contributed by atoms with Crippen molar-refractivity contribution in [2.75, 3.05) is 7.05 Å². The Morgan fingerprint density at radius 2 is 2.29 bits per heavy atom. The fourth-order valence-corrected chi connectivity index (χ4v) is 2.63. The summed E-state index contributed by atoms with van der Waals surface area (Å²) in [5.74, 6) is 0. The van der Waals surface area contributed by atoms with Crippen LogP contribution in [0, 0.1) is 0 Å². The highest BCUT2D eigenvalue weighted by atomic mass is 32.1. The maximum Gasteiger partial charge on any atom is 0.169 e. The van der Waals surface area contributed by atoms with Gasteiger partial charge in [0.25, 0.3) is 0 Å². The molecule has 0 saturated heterocycles. The van der Waals surface area contributed by atoms with Crippen molar-refractivity contribution in [3.63, 3.8) is 0 Å². The minimum atomic E-state index is 0.593. The molecule has 1 aromatic rings. The standard InChI is InChI=1S/C13H19N3S/c1-14-13(17)16(12-6-2-3-7-12)10-11-5-4-8-15-9-11/h4-5,8-9,12H,2-3,6-7,10H2,1H3,(H,14,17). The molecule has 0 amide bonds. The monoisotopic (exact) mass is 249 g/mol. The molecule has 92 valence electrons. The first-order chi connectivity index (χ1) is 8.31. The average molecular weight is 249 g/mol. The Kier molecular flexibility index (Phi) is 4.31. The summed E-state index contributed by atoms with van der Waals surface area (Å²) >= 11 is 5.41. The van der Waals surface area contributed by atoms with E-state index >= 15 is 0 Å². The van der Waals surface area contributed by atoms with Crippen LogP contribution in [0.4, 0.5) is 0 Å². The van der Waals surface area contributed by atoms with Crippen molar-refractivity contribution < 1.29 is 0 Å². The number of pyridine rings is 1. The predicted octanol–water partition coefficient (Wildman–Crippen LogP) is 2.33. The summed E-state index contributed by atoms with van der Waals surface area (Å²) < 4.78 is 0. The molecule has 1 fully saturated rings. The van der Waals surface area contributed by atoms with Gasteiger partial charge < -0.3 is 10.2 Å². The lowest BCUT2D eigenvalue weighted by Crippen LogP contribution is -2.43. The van der Waals surface area contributed by atoms with Crippen molar-refractivity contribution >= 4 is 17.3 Å². The lowest BCUT2D eigenvalue weighted by atomic mass is 10.2. The van der Waals surface area contributed by atoms with Crippen molar-refractivity contribution in [1.29, 1.82) is 0 Å². The number of hydrogen-bond acceptors (Lipinski definition) is 2. The highest BCUT2D eigenvalue weighted by Crippen LogP contribution is 2.24. The molecule has 17 heavy (non-hydrogen) atoms. The first kappa shape index (κ1) is 12.3. The van der Waals surface area contributed by atoms with Gasteiger partial charge in [-0.1, -0.05) is 18.9 Å². The van der Waals surface area contributed by atoms with Gasteiger partial charge in [0.15, 0.2) is 5.11 Å². The zero-order chi connectivity index (χ0) is 12.1. The van der Waals surface area contributed by atoms with E-state index in [2.05, 4.69) is 21.3 Å². The zero-order valence-corrected chi connectivity index (χ0v) is 11.0. The van der Waals surface area contributed by atoms with Gasteiger partial charge in [-0.05, 0) is 36.7 Å². The second kappa shape index (κ2) is 5.96. The van der Waals surface area contributed by atoms with Crippen LogP contribution in [0.25, 0.3) is 0 Å². The van der Waals surface area contributed by atoms with Crippen LogP contribution in [0.3, 0.4) is 0 Å². The van der Waals surface area contributed by atoms with Gasteiger partial charge in [-0.25, -0.2) is 0 Å². The van der Waals surface area contributed by atoms with Crippen LogP contribution in [-0.2, 0) is 6.54 Å². The fourth-order valence-electron chi connectivity index (χ4n) is 2.41. The second-order valence-electron chi connectivity index (χ2n) is 4.48. The van der Waals surface area contributed by atoms with E-state index in [-0.39, 0.29) is 0 Å². The Labute approximate surface area is 108 Å². The van der Waals surface area contributed by atoms with E-state index in [0.29, 0.717) is 6.04 Å². The van der Waals surface area contributed by atoms with Crippen LogP contribution < -0.4 is 5.32 Å². The first-order valence-corrected chi connectivity index (χ1v) is 6.59. The third-order valence-electron chi connectivity index (χ3n) is 3.32. The predicted molar refractivity (Wildman–Crippen MR) is 73.7 cm³/mol. The normalized spacial score (nSPS) is 15.8. The third-order valence-corrected chi connectivity index (χ3v) is 3.75. The molecule has 0 aromatic carbocycles. The lowest BCUT2D eigenvalue weighted by Gasteiger charge is -2.31. The largest absolute Gasteiger partial charge is 0.366 e. The molecule has 0 spiro atoms. The topological polar surface area (TPSA) is 28.2 Å². The van der Waals surface area contributed by atoms with Crippen LogP contribution in [0.1, 0.15) is 31.2 Å². The molecule has 1 heterocycles. The van der Waals surface area contributed by atoms with Crippen LogP contribution in [0.5, 0.6) is 0 Å². The summed E-state index contributed by atoms with van der Waals surface area (Å²) in [5, 5.41) is 3.95. The molecule has 4 heteroatoms. The van der Waals surface area contributed by atoms with Crippen molar-refractivity contribution in [3.8, 4) is 0 Å². The van der Waals surface area contributed by atoms with E-state index < -0.39 is 0 Å². The lowest BCUT2D eigenvalue weighted by molar-refractivity contribution is 0.305. The quantitative estimate of drug-likeness (QED) is 0.832. The molecule has 0 unspecified atom stereocenters. The first-order valence-electron chi connectivity index (χ1n) is 6.18. The molecule has 1 aromatic heterocycles. The summed E-state index contributed by atoms with van der Waals surface area (Å²) in [7, 11) is 1.90. The molecular weight excluding hydrogens is 230 g/mol. The van der Waals surface area contributed by atoms with Gasteiger partial charge >= 0.3 is 0 Å². The summed E-state index contributed by atoms with van der Waals surface area (Å²) in [6, 6.07) is 4.67. The maximum atomic E-state index is 5.41. The fraction of sp³-hybridized carbons (Fsp3) is 0.538. The molecule has 1 N–H and O–H groups in total. The summed E-state index contributed by atoms with van der Waals surface area (Å²) in [6.07, 6.45) is 8.87. The average Bonchev–Trinajstić information content (AvgIpc) is 2.90. The summed E-state index contributed by atoms with van der Waals surface area (Å²) in [5.41, 5.74) is 1.22. The van der Waals surface area contributed by atoms with Crippen molar-refractivity contribution in [2.24, 2.45) is 0 Å². The minimum Gasteiger partial charge on any atom is -0.366 e. The minimum absolute atomic E-state index is 0.593. The summed E-state index contributed by atoms with van der Waals surface area (Å²) in [4.78, 5) is 6.46. The van der Waals surface area contributed by atoms with Gasteiger partial charge in [-0.15, -0.1) is 0 Å².